The Balaban J connectivity index is 2.12. The molecule has 0 bridgehead atoms. The van der Waals surface area contributed by atoms with E-state index in [1.807, 2.05) is 11.3 Å². The van der Waals surface area contributed by atoms with Gasteiger partial charge in [0, 0.05) is 20.2 Å². The average Bonchev–Trinajstić information content (AvgIpc) is 3.03. The molecule has 0 unspecified atom stereocenters. The van der Waals surface area contributed by atoms with Gasteiger partial charge in [0.05, 0.1) is 0 Å². The SMILES string of the molecule is Cc1c2ccccc2c(-c2ccccc2)c2c1sc1ccccc12. The molecule has 0 saturated carbocycles. The van der Waals surface area contributed by atoms with Gasteiger partial charge in [-0.25, -0.2) is 0 Å². The molecule has 0 saturated heterocycles. The summed E-state index contributed by atoms with van der Waals surface area (Å²) in [4.78, 5) is 0. The molecule has 0 aliphatic rings. The Hall–Kier alpha value is -2.64. The molecule has 0 atom stereocenters. The van der Waals surface area contributed by atoms with Crippen molar-refractivity contribution in [1.82, 2.24) is 0 Å². The van der Waals surface area contributed by atoms with Crippen LogP contribution >= 0.6 is 11.3 Å². The topological polar surface area (TPSA) is 0 Å². The summed E-state index contributed by atoms with van der Waals surface area (Å²) < 4.78 is 2.77. The second kappa shape index (κ2) is 5.19. The molecule has 5 rings (SSSR count). The van der Waals surface area contributed by atoms with Crippen LogP contribution in [0.25, 0.3) is 42.1 Å². The third kappa shape index (κ3) is 1.85. The van der Waals surface area contributed by atoms with Crippen molar-refractivity contribution < 1.29 is 0 Å². The monoisotopic (exact) mass is 324 g/mol. The van der Waals surface area contributed by atoms with Gasteiger partial charge in [0.2, 0.25) is 0 Å². The highest BCUT2D eigenvalue weighted by molar-refractivity contribution is 7.26. The van der Waals surface area contributed by atoms with E-state index in [9.17, 15) is 0 Å². The minimum absolute atomic E-state index is 1.29. The molecule has 0 aliphatic heterocycles. The first-order valence-corrected chi connectivity index (χ1v) is 9.04. The molecule has 114 valence electrons. The minimum Gasteiger partial charge on any atom is -0.135 e. The quantitative estimate of drug-likeness (QED) is 0.306. The molecule has 4 aromatic carbocycles. The zero-order chi connectivity index (χ0) is 16.1. The summed E-state index contributed by atoms with van der Waals surface area (Å²) in [7, 11) is 0. The lowest BCUT2D eigenvalue weighted by Gasteiger charge is -2.13. The number of thiophene rings is 1. The molecular formula is C23H16S. The van der Waals surface area contributed by atoms with Crippen LogP contribution in [0.1, 0.15) is 5.56 Å². The highest BCUT2D eigenvalue weighted by Crippen LogP contribution is 2.45. The van der Waals surface area contributed by atoms with Gasteiger partial charge in [0.1, 0.15) is 0 Å². The Bertz CT molecular complexity index is 1200. The third-order valence-corrected chi connectivity index (χ3v) is 6.14. The lowest BCUT2D eigenvalue weighted by Crippen LogP contribution is -1.86. The highest BCUT2D eigenvalue weighted by Gasteiger charge is 2.17. The van der Waals surface area contributed by atoms with Crippen LogP contribution in [0.4, 0.5) is 0 Å². The van der Waals surface area contributed by atoms with E-state index in [1.165, 1.54) is 47.6 Å². The van der Waals surface area contributed by atoms with Crippen molar-refractivity contribution in [2.24, 2.45) is 0 Å². The Morgan fingerprint density at radius 3 is 2.04 bits per heavy atom. The number of benzene rings is 4. The minimum atomic E-state index is 1.29. The van der Waals surface area contributed by atoms with Gasteiger partial charge in [-0.15, -0.1) is 11.3 Å². The molecule has 0 aliphatic carbocycles. The summed E-state index contributed by atoms with van der Waals surface area (Å²) in [6.45, 7) is 2.26. The Morgan fingerprint density at radius 2 is 1.25 bits per heavy atom. The van der Waals surface area contributed by atoms with Crippen molar-refractivity contribution in [3.05, 3.63) is 84.4 Å². The summed E-state index contributed by atoms with van der Waals surface area (Å²) in [5.74, 6) is 0. The molecule has 1 heterocycles. The molecule has 0 fully saturated rings. The van der Waals surface area contributed by atoms with Gasteiger partial charge in [-0.3, -0.25) is 0 Å². The predicted molar refractivity (Wildman–Crippen MR) is 107 cm³/mol. The molecule has 0 N–H and O–H groups in total. The van der Waals surface area contributed by atoms with Crippen LogP contribution in [0.2, 0.25) is 0 Å². The fraction of sp³-hybridized carbons (Fsp3) is 0.0435. The zero-order valence-electron chi connectivity index (χ0n) is 13.4. The van der Waals surface area contributed by atoms with Gasteiger partial charge < -0.3 is 0 Å². The predicted octanol–water partition coefficient (Wildman–Crippen LogP) is 7.18. The fourth-order valence-corrected chi connectivity index (χ4v) is 4.97. The molecule has 0 amide bonds. The van der Waals surface area contributed by atoms with Crippen molar-refractivity contribution in [1.29, 1.82) is 0 Å². The van der Waals surface area contributed by atoms with Gasteiger partial charge >= 0.3 is 0 Å². The van der Waals surface area contributed by atoms with Crippen molar-refractivity contribution >= 4 is 42.3 Å². The maximum Gasteiger partial charge on any atom is 0.0397 e. The molecule has 0 nitrogen and oxygen atoms in total. The van der Waals surface area contributed by atoms with E-state index >= 15 is 0 Å². The standard InChI is InChI=1S/C23H16S/c1-15-17-11-5-6-12-18(17)21(16-9-3-2-4-10-16)22-19-13-7-8-14-20(19)24-23(15)22/h2-14H,1H3. The lowest BCUT2D eigenvalue weighted by atomic mass is 9.91. The summed E-state index contributed by atoms with van der Waals surface area (Å²) in [5, 5.41) is 5.47. The van der Waals surface area contributed by atoms with Crippen LogP contribution in [-0.2, 0) is 0 Å². The van der Waals surface area contributed by atoms with E-state index in [0.29, 0.717) is 0 Å². The number of fused-ring (bicyclic) bond motifs is 4. The molecule has 1 aromatic heterocycles. The van der Waals surface area contributed by atoms with Crippen LogP contribution in [0.5, 0.6) is 0 Å². The first-order chi connectivity index (χ1) is 11.8. The number of hydrogen-bond acceptors (Lipinski definition) is 1. The maximum atomic E-state index is 2.26. The first-order valence-electron chi connectivity index (χ1n) is 8.22. The van der Waals surface area contributed by atoms with E-state index in [2.05, 4.69) is 85.8 Å². The normalized spacial score (nSPS) is 11.5. The zero-order valence-corrected chi connectivity index (χ0v) is 14.2. The second-order valence-corrected chi connectivity index (χ2v) is 7.27. The smallest absolute Gasteiger partial charge is 0.0397 e. The van der Waals surface area contributed by atoms with Crippen LogP contribution in [0.3, 0.4) is 0 Å². The Morgan fingerprint density at radius 1 is 0.625 bits per heavy atom. The van der Waals surface area contributed by atoms with Gasteiger partial charge in [-0.2, -0.15) is 0 Å². The summed E-state index contributed by atoms with van der Waals surface area (Å²) in [6, 6.07) is 28.4. The lowest BCUT2D eigenvalue weighted by molar-refractivity contribution is 1.60. The van der Waals surface area contributed by atoms with E-state index in [4.69, 9.17) is 0 Å². The molecule has 5 aromatic rings. The van der Waals surface area contributed by atoms with E-state index in [-0.39, 0.29) is 0 Å². The van der Waals surface area contributed by atoms with Crippen LogP contribution in [0.15, 0.2) is 78.9 Å². The first kappa shape index (κ1) is 13.8. The molecule has 0 spiro atoms. The molecule has 1 heteroatoms. The second-order valence-electron chi connectivity index (χ2n) is 6.21. The maximum absolute atomic E-state index is 2.26. The Kier molecular flexibility index (Phi) is 2.97. The summed E-state index contributed by atoms with van der Waals surface area (Å²) in [6.07, 6.45) is 0. The fourth-order valence-electron chi connectivity index (χ4n) is 3.75. The largest absolute Gasteiger partial charge is 0.135 e. The van der Waals surface area contributed by atoms with Crippen molar-refractivity contribution in [3.8, 4) is 11.1 Å². The van der Waals surface area contributed by atoms with E-state index in [1.54, 1.807) is 0 Å². The van der Waals surface area contributed by atoms with Crippen LogP contribution in [-0.4, -0.2) is 0 Å². The summed E-state index contributed by atoms with van der Waals surface area (Å²) >= 11 is 1.91. The summed E-state index contributed by atoms with van der Waals surface area (Å²) in [5.41, 5.74) is 4.05. The van der Waals surface area contributed by atoms with Crippen molar-refractivity contribution in [3.63, 3.8) is 0 Å². The van der Waals surface area contributed by atoms with Crippen molar-refractivity contribution in [2.45, 2.75) is 6.92 Å². The van der Waals surface area contributed by atoms with Gasteiger partial charge in [-0.05, 0) is 40.5 Å². The number of hydrogen-bond donors (Lipinski definition) is 0. The van der Waals surface area contributed by atoms with Crippen LogP contribution in [0, 0.1) is 6.92 Å². The van der Waals surface area contributed by atoms with Gasteiger partial charge in [-0.1, -0.05) is 72.8 Å². The number of rotatable bonds is 1. The third-order valence-electron chi connectivity index (χ3n) is 4.85. The van der Waals surface area contributed by atoms with Crippen molar-refractivity contribution in [2.75, 3.05) is 0 Å². The van der Waals surface area contributed by atoms with Crippen LogP contribution < -0.4 is 0 Å². The molecule has 0 radical (unpaired) electrons. The highest BCUT2D eigenvalue weighted by atomic mass is 32.1. The molecule has 24 heavy (non-hydrogen) atoms. The molecular weight excluding hydrogens is 308 g/mol. The number of aryl methyl sites for hydroxylation is 1. The average molecular weight is 324 g/mol. The Labute approximate surface area is 145 Å². The van der Waals surface area contributed by atoms with Gasteiger partial charge in [0.25, 0.3) is 0 Å². The van der Waals surface area contributed by atoms with E-state index < -0.39 is 0 Å². The van der Waals surface area contributed by atoms with Gasteiger partial charge in [0.15, 0.2) is 0 Å². The van der Waals surface area contributed by atoms with E-state index in [0.717, 1.165) is 0 Å².